The molecule has 4 aromatic rings. The summed E-state index contributed by atoms with van der Waals surface area (Å²) in [7, 11) is 4.64. The van der Waals surface area contributed by atoms with Crippen molar-refractivity contribution in [1.82, 2.24) is 9.97 Å². The fourth-order valence-corrected chi connectivity index (χ4v) is 6.65. The van der Waals surface area contributed by atoms with E-state index in [9.17, 15) is 4.79 Å². The lowest BCUT2D eigenvalue weighted by atomic mass is 9.91. The summed E-state index contributed by atoms with van der Waals surface area (Å²) >= 11 is 4.92. The zero-order chi connectivity index (χ0) is 31.0. The molecule has 1 aromatic heterocycles. The van der Waals surface area contributed by atoms with Gasteiger partial charge < -0.3 is 24.7 Å². The highest BCUT2D eigenvalue weighted by Crippen LogP contribution is 2.54. The second-order valence-corrected chi connectivity index (χ2v) is 11.6. The number of fused-ring (bicyclic) bond motifs is 3. The van der Waals surface area contributed by atoms with Crippen molar-refractivity contribution in [3.05, 3.63) is 87.9 Å². The van der Waals surface area contributed by atoms with Gasteiger partial charge in [-0.15, -0.1) is 0 Å². The molecule has 6 rings (SSSR count). The van der Waals surface area contributed by atoms with Crippen LogP contribution in [0.15, 0.2) is 86.7 Å². The number of aromatic nitrogens is 2. The second-order valence-electron chi connectivity index (χ2n) is 9.67. The van der Waals surface area contributed by atoms with Gasteiger partial charge in [-0.05, 0) is 48.5 Å². The van der Waals surface area contributed by atoms with Gasteiger partial charge in [-0.25, -0.2) is 14.8 Å². The van der Waals surface area contributed by atoms with E-state index in [0.29, 0.717) is 50.8 Å². The van der Waals surface area contributed by atoms with Gasteiger partial charge >= 0.3 is 5.97 Å². The molecule has 2 aliphatic heterocycles. The number of aliphatic imine (C=N–C) groups is 1. The van der Waals surface area contributed by atoms with Crippen molar-refractivity contribution >= 4 is 56.3 Å². The summed E-state index contributed by atoms with van der Waals surface area (Å²) in [4.78, 5) is 31.0. The van der Waals surface area contributed by atoms with E-state index < -0.39 is 12.0 Å². The molecule has 0 radical (unpaired) electrons. The van der Waals surface area contributed by atoms with Gasteiger partial charge in [0.15, 0.2) is 22.5 Å². The van der Waals surface area contributed by atoms with E-state index >= 15 is 0 Å². The van der Waals surface area contributed by atoms with Gasteiger partial charge in [0, 0.05) is 15.6 Å². The topological polar surface area (TPSA) is 121 Å². The Hall–Kier alpha value is -4.55. The van der Waals surface area contributed by atoms with Crippen molar-refractivity contribution in [1.29, 1.82) is 0 Å². The maximum atomic E-state index is 14.0. The number of thioether (sulfide) groups is 1. The largest absolute Gasteiger partial charge is 0.493 e. The number of nitrogens with two attached hydrogens (primary N) is 1. The molecule has 0 spiro atoms. The molecule has 0 aliphatic carbocycles. The number of ether oxygens (including phenoxy) is 4. The molecule has 0 bridgehead atoms. The van der Waals surface area contributed by atoms with Crippen LogP contribution in [0.1, 0.15) is 24.1 Å². The minimum absolute atomic E-state index is 0.0858. The number of methoxy groups -OCH3 is 3. The number of nitrogens with zero attached hydrogens (tertiary/aromatic N) is 4. The minimum Gasteiger partial charge on any atom is -0.493 e. The van der Waals surface area contributed by atoms with Crippen LogP contribution in [0.5, 0.6) is 17.2 Å². The number of amidine groups is 1. The Balaban J connectivity index is 1.66. The molecule has 0 saturated carbocycles. The molecule has 2 N–H and O–H groups in total. The first kappa shape index (κ1) is 29.5. The Bertz CT molecular complexity index is 1790. The van der Waals surface area contributed by atoms with Gasteiger partial charge in [-0.3, -0.25) is 4.90 Å². The quantitative estimate of drug-likeness (QED) is 0.207. The zero-order valence-corrected chi connectivity index (χ0v) is 26.7. The molecule has 44 heavy (non-hydrogen) atoms. The molecule has 1 unspecified atom stereocenters. The van der Waals surface area contributed by atoms with Crippen molar-refractivity contribution in [3.8, 4) is 28.5 Å². The molecule has 2 aliphatic rings. The molecule has 3 aromatic carbocycles. The molecule has 0 fully saturated rings. The van der Waals surface area contributed by atoms with Gasteiger partial charge in [-0.2, -0.15) is 4.98 Å². The van der Waals surface area contributed by atoms with E-state index in [2.05, 4.69) is 20.9 Å². The number of anilines is 2. The van der Waals surface area contributed by atoms with Crippen LogP contribution in [0.25, 0.3) is 17.0 Å². The smallest absolute Gasteiger partial charge is 0.338 e. The number of carbonyl (C=O) groups excluding carboxylic acids is 1. The third-order valence-corrected chi connectivity index (χ3v) is 8.73. The van der Waals surface area contributed by atoms with E-state index in [0.717, 1.165) is 20.5 Å². The first-order valence-electron chi connectivity index (χ1n) is 13.6. The molecule has 224 valence electrons. The minimum atomic E-state index is -0.758. The Kier molecular flexibility index (Phi) is 8.19. The molecular formula is C32H28BrN5O5S. The van der Waals surface area contributed by atoms with Crippen LogP contribution in [-0.4, -0.2) is 49.0 Å². The molecular weight excluding hydrogens is 646 g/mol. The number of esters is 1. The summed E-state index contributed by atoms with van der Waals surface area (Å²) in [6, 6.07) is 20.2. The number of carbonyl (C=O) groups is 1. The summed E-state index contributed by atoms with van der Waals surface area (Å²) in [6.07, 6.45) is 0. The molecule has 10 nitrogen and oxygen atoms in total. The Morgan fingerprint density at radius 1 is 0.955 bits per heavy atom. The maximum absolute atomic E-state index is 14.0. The Morgan fingerprint density at radius 2 is 1.64 bits per heavy atom. The van der Waals surface area contributed by atoms with Crippen LogP contribution in [-0.2, 0) is 9.53 Å². The van der Waals surface area contributed by atoms with Crippen molar-refractivity contribution in [2.45, 2.75) is 17.9 Å². The summed E-state index contributed by atoms with van der Waals surface area (Å²) < 4.78 is 23.6. The summed E-state index contributed by atoms with van der Waals surface area (Å²) in [5.74, 6) is 1.38. The van der Waals surface area contributed by atoms with Gasteiger partial charge in [0.1, 0.15) is 0 Å². The molecule has 1 atom stereocenters. The van der Waals surface area contributed by atoms with E-state index in [1.54, 1.807) is 28.3 Å². The number of hydrogen-bond donors (Lipinski definition) is 1. The lowest BCUT2D eigenvalue weighted by Gasteiger charge is -2.35. The van der Waals surface area contributed by atoms with Crippen LogP contribution in [0.4, 0.5) is 11.8 Å². The van der Waals surface area contributed by atoms with Crippen molar-refractivity contribution in [2.75, 3.05) is 38.6 Å². The summed E-state index contributed by atoms with van der Waals surface area (Å²) in [5, 5.41) is 0.601. The third-order valence-electron chi connectivity index (χ3n) is 7.15. The number of nitrogen functional groups attached to an aromatic ring is 1. The second kappa shape index (κ2) is 12.2. The first-order chi connectivity index (χ1) is 21.4. The number of hydrogen-bond acceptors (Lipinski definition) is 11. The van der Waals surface area contributed by atoms with E-state index in [1.807, 2.05) is 71.6 Å². The van der Waals surface area contributed by atoms with Crippen LogP contribution >= 0.6 is 27.7 Å². The maximum Gasteiger partial charge on any atom is 0.338 e. The van der Waals surface area contributed by atoms with E-state index in [-0.39, 0.29) is 12.6 Å². The number of benzene rings is 3. The molecule has 0 saturated heterocycles. The average molecular weight is 675 g/mol. The highest BCUT2D eigenvalue weighted by molar-refractivity contribution is 9.10. The fraction of sp³-hybridized carbons (Fsp3) is 0.188. The predicted octanol–water partition coefficient (Wildman–Crippen LogP) is 6.51. The number of halogens is 1. The fourth-order valence-electron chi connectivity index (χ4n) is 5.28. The zero-order valence-electron chi connectivity index (χ0n) is 24.3. The lowest BCUT2D eigenvalue weighted by Crippen LogP contribution is -2.38. The van der Waals surface area contributed by atoms with Crippen molar-refractivity contribution < 1.29 is 23.7 Å². The highest BCUT2D eigenvalue weighted by Gasteiger charge is 2.46. The Labute approximate surface area is 267 Å². The molecule has 0 amide bonds. The third kappa shape index (κ3) is 5.13. The van der Waals surface area contributed by atoms with Crippen LogP contribution in [0.3, 0.4) is 0 Å². The Morgan fingerprint density at radius 3 is 2.25 bits per heavy atom. The van der Waals surface area contributed by atoms with Crippen molar-refractivity contribution in [2.24, 2.45) is 4.99 Å². The van der Waals surface area contributed by atoms with Gasteiger partial charge in [0.2, 0.25) is 11.7 Å². The SMILES string of the molecule is CCOC(=O)C1=C(c2ccccc2)N=C2Sc3c(-c4ccc(Br)cc4)nc(N)nc3N2C1c1cc(OC)c(OC)c(OC)c1. The normalized spacial score (nSPS) is 15.3. The summed E-state index contributed by atoms with van der Waals surface area (Å²) in [6.45, 7) is 1.95. The molecule has 3 heterocycles. The van der Waals surface area contributed by atoms with Crippen LogP contribution in [0, 0.1) is 0 Å². The first-order valence-corrected chi connectivity index (χ1v) is 15.2. The molecule has 12 heteroatoms. The van der Waals surface area contributed by atoms with Crippen molar-refractivity contribution in [3.63, 3.8) is 0 Å². The van der Waals surface area contributed by atoms with Gasteiger partial charge in [-0.1, -0.05) is 58.4 Å². The van der Waals surface area contributed by atoms with Crippen LogP contribution < -0.4 is 24.8 Å². The van der Waals surface area contributed by atoms with Gasteiger partial charge in [0.05, 0.1) is 55.8 Å². The average Bonchev–Trinajstić information content (AvgIpc) is 3.41. The predicted molar refractivity (Wildman–Crippen MR) is 174 cm³/mol. The lowest BCUT2D eigenvalue weighted by molar-refractivity contribution is -0.138. The monoisotopic (exact) mass is 673 g/mol. The van der Waals surface area contributed by atoms with Crippen LogP contribution in [0.2, 0.25) is 0 Å². The standard InChI is InChI=1S/C32H28BrN5O5S/c1-5-43-30(39)23-24(17-9-7-6-8-10-17)36-32-38(26(23)19-15-21(40-2)27(42-4)22(16-19)41-3)29-28(44-32)25(35-31(34)37-29)18-11-13-20(33)14-12-18/h6-16,26H,5H2,1-4H3,(H2,34,35,37). The number of rotatable bonds is 8. The summed E-state index contributed by atoms with van der Waals surface area (Å²) in [5.41, 5.74) is 10.1. The van der Waals surface area contributed by atoms with Gasteiger partial charge in [0.25, 0.3) is 0 Å². The highest BCUT2D eigenvalue weighted by atomic mass is 79.9. The van der Waals surface area contributed by atoms with E-state index in [1.165, 1.54) is 11.8 Å². The van der Waals surface area contributed by atoms with E-state index in [4.69, 9.17) is 34.7 Å².